The lowest BCUT2D eigenvalue weighted by atomic mass is 9.74. The minimum Gasteiger partial charge on any atom is -0.363 e. The van der Waals surface area contributed by atoms with Crippen LogP contribution in [-0.2, 0) is 10.2 Å². The first kappa shape index (κ1) is 17.4. The van der Waals surface area contributed by atoms with Gasteiger partial charge in [0.1, 0.15) is 11.6 Å². The van der Waals surface area contributed by atoms with Crippen molar-refractivity contribution >= 4 is 11.5 Å². The van der Waals surface area contributed by atoms with Crippen LogP contribution in [0.15, 0.2) is 30.4 Å². The molecule has 2 aliphatic heterocycles. The molecular weight excluding hydrogens is 339 g/mol. The summed E-state index contributed by atoms with van der Waals surface area (Å²) in [5.41, 5.74) is 2.21. The summed E-state index contributed by atoms with van der Waals surface area (Å²) in [5.74, 6) is 2.48. The van der Waals surface area contributed by atoms with Crippen LogP contribution in [0.25, 0.3) is 0 Å². The topological polar surface area (TPSA) is 23.6 Å². The number of halogens is 1. The fraction of sp³-hybridized carbons (Fsp3) is 0.609. The number of piperidine rings is 1. The third-order valence-corrected chi connectivity index (χ3v) is 7.50. The Kier molecular flexibility index (Phi) is 4.15. The highest BCUT2D eigenvalue weighted by Crippen LogP contribution is 2.48. The summed E-state index contributed by atoms with van der Waals surface area (Å²) in [6, 6.07) is 5.13. The SMILES string of the molecule is CC(=O)CN1CC2(CCN(C[C@H]3C[C@H]4C=CC3C4)CC2)c2cc(F)ccc21. The highest BCUT2D eigenvalue weighted by Gasteiger charge is 2.45. The molecule has 1 saturated carbocycles. The van der Waals surface area contributed by atoms with E-state index in [0.717, 1.165) is 61.5 Å². The van der Waals surface area contributed by atoms with Crippen molar-refractivity contribution < 1.29 is 9.18 Å². The molecule has 144 valence electrons. The molecule has 0 radical (unpaired) electrons. The van der Waals surface area contributed by atoms with Crippen LogP contribution in [-0.4, -0.2) is 43.4 Å². The summed E-state index contributed by atoms with van der Waals surface area (Å²) < 4.78 is 14.0. The number of carbonyl (C=O) groups is 1. The largest absolute Gasteiger partial charge is 0.363 e. The van der Waals surface area contributed by atoms with E-state index in [1.807, 2.05) is 6.07 Å². The zero-order valence-electron chi connectivity index (χ0n) is 16.2. The Balaban J connectivity index is 1.30. The van der Waals surface area contributed by atoms with Crippen molar-refractivity contribution in [1.29, 1.82) is 0 Å². The molecule has 4 aliphatic rings. The van der Waals surface area contributed by atoms with Crippen molar-refractivity contribution in [3.63, 3.8) is 0 Å². The first-order chi connectivity index (χ1) is 13.0. The molecule has 1 spiro atoms. The lowest BCUT2D eigenvalue weighted by Crippen LogP contribution is -2.47. The monoisotopic (exact) mass is 368 g/mol. The molecule has 27 heavy (non-hydrogen) atoms. The maximum absolute atomic E-state index is 14.0. The lowest BCUT2D eigenvalue weighted by Gasteiger charge is -2.41. The second kappa shape index (κ2) is 6.44. The number of fused-ring (bicyclic) bond motifs is 4. The van der Waals surface area contributed by atoms with Crippen molar-refractivity contribution in [3.05, 3.63) is 41.7 Å². The van der Waals surface area contributed by atoms with E-state index < -0.39 is 0 Å². The van der Waals surface area contributed by atoms with Gasteiger partial charge in [-0.2, -0.15) is 0 Å². The number of Topliss-reactive ketones (excluding diaryl/α,β-unsaturated/α-hetero) is 1. The summed E-state index contributed by atoms with van der Waals surface area (Å²) in [6.45, 7) is 6.32. The molecule has 2 aliphatic carbocycles. The summed E-state index contributed by atoms with van der Waals surface area (Å²) >= 11 is 0. The molecule has 1 aromatic rings. The molecule has 5 rings (SSSR count). The number of rotatable bonds is 4. The van der Waals surface area contributed by atoms with Crippen LogP contribution < -0.4 is 4.90 Å². The normalized spacial score (nSPS) is 31.0. The number of hydrogen-bond acceptors (Lipinski definition) is 3. The molecule has 4 heteroatoms. The molecule has 1 saturated heterocycles. The van der Waals surface area contributed by atoms with Crippen LogP contribution in [0, 0.1) is 23.6 Å². The highest BCUT2D eigenvalue weighted by atomic mass is 19.1. The van der Waals surface area contributed by atoms with E-state index in [-0.39, 0.29) is 17.0 Å². The van der Waals surface area contributed by atoms with Gasteiger partial charge in [-0.05, 0) is 87.2 Å². The van der Waals surface area contributed by atoms with Crippen LogP contribution in [0.5, 0.6) is 0 Å². The Morgan fingerprint density at radius 3 is 2.70 bits per heavy atom. The summed E-state index contributed by atoms with van der Waals surface area (Å²) in [4.78, 5) is 16.5. The van der Waals surface area contributed by atoms with Crippen LogP contribution >= 0.6 is 0 Å². The maximum Gasteiger partial charge on any atom is 0.149 e. The Bertz CT molecular complexity index is 781. The van der Waals surface area contributed by atoms with Crippen molar-refractivity contribution in [3.8, 4) is 0 Å². The second-order valence-electron chi connectivity index (χ2n) is 9.34. The Morgan fingerprint density at radius 2 is 2.04 bits per heavy atom. The predicted octanol–water partition coefficient (Wildman–Crippen LogP) is 3.78. The van der Waals surface area contributed by atoms with Gasteiger partial charge in [-0.3, -0.25) is 4.79 Å². The van der Waals surface area contributed by atoms with Gasteiger partial charge < -0.3 is 9.80 Å². The molecule has 0 amide bonds. The number of carbonyl (C=O) groups excluding carboxylic acids is 1. The van der Waals surface area contributed by atoms with Crippen molar-refractivity contribution in [2.24, 2.45) is 17.8 Å². The standard InChI is InChI=1S/C23H29FN2O/c1-16(27)13-26-15-23(21-12-20(24)4-5-22(21)26)6-8-25(9-7-23)14-19-11-17-2-3-18(19)10-17/h2-5,12,17-19H,6-11,13-15H2,1H3/t17-,18?,19+/m0/s1. The van der Waals surface area contributed by atoms with Gasteiger partial charge in [0.2, 0.25) is 0 Å². The minimum absolute atomic E-state index is 0.0119. The van der Waals surface area contributed by atoms with Gasteiger partial charge >= 0.3 is 0 Å². The highest BCUT2D eigenvalue weighted by molar-refractivity contribution is 5.82. The van der Waals surface area contributed by atoms with Gasteiger partial charge in [0.05, 0.1) is 6.54 Å². The van der Waals surface area contributed by atoms with E-state index >= 15 is 0 Å². The Labute approximate surface area is 161 Å². The maximum atomic E-state index is 14.0. The number of hydrogen-bond donors (Lipinski definition) is 0. The van der Waals surface area contributed by atoms with Gasteiger partial charge in [0, 0.05) is 24.2 Å². The predicted molar refractivity (Wildman–Crippen MR) is 105 cm³/mol. The number of ketones is 1. The van der Waals surface area contributed by atoms with E-state index in [1.54, 1.807) is 13.0 Å². The number of nitrogens with zero attached hydrogens (tertiary/aromatic N) is 2. The van der Waals surface area contributed by atoms with Crippen molar-refractivity contribution in [2.45, 2.75) is 38.0 Å². The number of allylic oxidation sites excluding steroid dienone is 2. The van der Waals surface area contributed by atoms with Gasteiger partial charge in [0.25, 0.3) is 0 Å². The third-order valence-electron chi connectivity index (χ3n) is 7.50. The third kappa shape index (κ3) is 3.02. The quantitative estimate of drug-likeness (QED) is 0.756. The number of benzene rings is 1. The fourth-order valence-corrected chi connectivity index (χ4v) is 6.18. The van der Waals surface area contributed by atoms with Gasteiger partial charge in [0.15, 0.2) is 0 Å². The molecule has 0 N–H and O–H groups in total. The van der Waals surface area contributed by atoms with Crippen molar-refractivity contribution in [2.75, 3.05) is 37.6 Å². The molecule has 2 bridgehead atoms. The smallest absolute Gasteiger partial charge is 0.149 e. The summed E-state index contributed by atoms with van der Waals surface area (Å²) in [7, 11) is 0. The van der Waals surface area contributed by atoms with Crippen LogP contribution in [0.2, 0.25) is 0 Å². The van der Waals surface area contributed by atoms with Crippen LogP contribution in [0.1, 0.15) is 38.2 Å². The van der Waals surface area contributed by atoms with E-state index in [1.165, 1.54) is 25.5 Å². The first-order valence-corrected chi connectivity index (χ1v) is 10.5. The molecule has 0 aromatic heterocycles. The van der Waals surface area contributed by atoms with E-state index in [9.17, 15) is 9.18 Å². The zero-order valence-corrected chi connectivity index (χ0v) is 16.2. The van der Waals surface area contributed by atoms with Crippen LogP contribution in [0.4, 0.5) is 10.1 Å². The number of likely N-dealkylation sites (tertiary alicyclic amines) is 1. The lowest BCUT2D eigenvalue weighted by molar-refractivity contribution is -0.115. The van der Waals surface area contributed by atoms with Gasteiger partial charge in [-0.1, -0.05) is 12.2 Å². The van der Waals surface area contributed by atoms with E-state index in [0.29, 0.717) is 6.54 Å². The molecular formula is C23H29FN2O. The number of anilines is 1. The van der Waals surface area contributed by atoms with Crippen LogP contribution in [0.3, 0.4) is 0 Å². The van der Waals surface area contributed by atoms with Gasteiger partial charge in [-0.15, -0.1) is 0 Å². The molecule has 2 heterocycles. The van der Waals surface area contributed by atoms with E-state index in [4.69, 9.17) is 0 Å². The Hall–Kier alpha value is -1.68. The minimum atomic E-state index is -0.158. The summed E-state index contributed by atoms with van der Waals surface area (Å²) in [6.07, 6.45) is 9.72. The molecule has 2 fully saturated rings. The fourth-order valence-electron chi connectivity index (χ4n) is 6.18. The zero-order chi connectivity index (χ0) is 18.6. The molecule has 1 unspecified atom stereocenters. The molecule has 3 nitrogen and oxygen atoms in total. The average Bonchev–Trinajstić information content (AvgIpc) is 3.31. The molecule has 1 aromatic carbocycles. The van der Waals surface area contributed by atoms with E-state index in [2.05, 4.69) is 22.0 Å². The average molecular weight is 368 g/mol. The second-order valence-corrected chi connectivity index (χ2v) is 9.34. The Morgan fingerprint density at radius 1 is 1.22 bits per heavy atom. The molecule has 3 atom stereocenters. The van der Waals surface area contributed by atoms with Crippen molar-refractivity contribution in [1.82, 2.24) is 4.90 Å². The first-order valence-electron chi connectivity index (χ1n) is 10.5. The summed E-state index contributed by atoms with van der Waals surface area (Å²) in [5, 5.41) is 0. The van der Waals surface area contributed by atoms with Gasteiger partial charge in [-0.25, -0.2) is 4.39 Å².